The summed E-state index contributed by atoms with van der Waals surface area (Å²) in [6.07, 6.45) is 0.663. The van der Waals surface area contributed by atoms with E-state index in [-0.39, 0.29) is 37.7 Å². The lowest BCUT2D eigenvalue weighted by Crippen LogP contribution is -2.45. The number of urea groups is 2. The van der Waals surface area contributed by atoms with Crippen molar-refractivity contribution in [3.8, 4) is 6.07 Å². The molecule has 2 heterocycles. The molecule has 17 heteroatoms. The molecular weight excluding hydrogens is 804 g/mol. The van der Waals surface area contributed by atoms with E-state index in [1.807, 2.05) is 6.07 Å². The Morgan fingerprint density at radius 2 is 1.31 bits per heavy atom. The number of β-amino-alcohol motifs (C(OH)–C–C–N with tert-alkyl or cyclic N) is 2. The topological polar surface area (TPSA) is 207 Å². The van der Waals surface area contributed by atoms with Gasteiger partial charge in [0.15, 0.2) is 0 Å². The lowest BCUT2D eigenvalue weighted by molar-refractivity contribution is -0.141. The molecule has 3 fully saturated rings. The van der Waals surface area contributed by atoms with E-state index in [0.717, 1.165) is 35.4 Å². The number of nitrogens with zero attached hydrogens (tertiary/aromatic N) is 3. The molecule has 0 radical (unpaired) electrons. The minimum Gasteiger partial charge on any atom is -0.480 e. The third-order valence-corrected chi connectivity index (χ3v) is 10.6. The van der Waals surface area contributed by atoms with E-state index in [4.69, 9.17) is 28.3 Å². The van der Waals surface area contributed by atoms with Crippen LogP contribution in [0.25, 0.3) is 0 Å². The molecule has 4 aromatic carbocycles. The number of carboxylic acids is 1. The van der Waals surface area contributed by atoms with Crippen LogP contribution in [0.2, 0.25) is 10.0 Å². The van der Waals surface area contributed by atoms with Crippen LogP contribution in [0.5, 0.6) is 0 Å². The normalized spacial score (nSPS) is 20.1. The Balaban J connectivity index is 0.000000257. The minimum atomic E-state index is -1.12. The van der Waals surface area contributed by atoms with Gasteiger partial charge in [-0.2, -0.15) is 5.26 Å². The number of aliphatic hydroxyl groups excluding tert-OH is 2. The molecule has 0 spiro atoms. The van der Waals surface area contributed by atoms with E-state index >= 15 is 0 Å². The number of halogens is 3. The molecule has 4 aromatic rings. The summed E-state index contributed by atoms with van der Waals surface area (Å²) in [7, 11) is 0. The molecule has 14 nitrogen and oxygen atoms in total. The first kappa shape index (κ1) is 42.8. The number of hydrogen-bond donors (Lipinski definition) is 7. The number of amides is 5. The molecule has 3 aliphatic rings. The van der Waals surface area contributed by atoms with Crippen molar-refractivity contribution < 1.29 is 38.9 Å². The second-order valence-electron chi connectivity index (χ2n) is 14.6. The second kappa shape index (κ2) is 19.3. The maximum absolute atomic E-state index is 14.9. The predicted octanol–water partition coefficient (Wildman–Crippen LogP) is 6.44. The Hall–Kier alpha value is -5.76. The summed E-state index contributed by atoms with van der Waals surface area (Å²) in [5.74, 6) is -1.77. The Bertz CT molecular complexity index is 2200. The number of nitrogens with one attached hydrogen (secondary N) is 4. The number of anilines is 3. The monoisotopic (exact) mass is 845 g/mol. The summed E-state index contributed by atoms with van der Waals surface area (Å²) >= 11 is 11.6. The van der Waals surface area contributed by atoms with Crippen LogP contribution in [0.1, 0.15) is 48.4 Å². The first-order valence-corrected chi connectivity index (χ1v) is 19.6. The van der Waals surface area contributed by atoms with Crippen molar-refractivity contribution in [2.75, 3.05) is 35.6 Å². The highest BCUT2D eigenvalue weighted by atomic mass is 35.5. The van der Waals surface area contributed by atoms with Gasteiger partial charge < -0.3 is 46.4 Å². The maximum Gasteiger partial charge on any atom is 0.326 e. The van der Waals surface area contributed by atoms with Gasteiger partial charge in [0.1, 0.15) is 17.9 Å². The zero-order valence-electron chi connectivity index (χ0n) is 31.5. The Kier molecular flexibility index (Phi) is 14.0. The number of hydrogen-bond acceptors (Lipinski definition) is 8. The number of nitriles is 1. The largest absolute Gasteiger partial charge is 0.480 e. The molecule has 2 saturated heterocycles. The second-order valence-corrected chi connectivity index (χ2v) is 15.5. The number of carboxylic acid groups (broad SMARTS) is 1. The zero-order chi connectivity index (χ0) is 42.2. The van der Waals surface area contributed by atoms with Crippen molar-refractivity contribution in [2.24, 2.45) is 5.92 Å². The first-order valence-electron chi connectivity index (χ1n) is 18.9. The average molecular weight is 847 g/mol. The Labute approximate surface area is 349 Å². The van der Waals surface area contributed by atoms with Gasteiger partial charge in [0, 0.05) is 47.4 Å². The predicted molar refractivity (Wildman–Crippen MR) is 220 cm³/mol. The summed E-state index contributed by atoms with van der Waals surface area (Å²) in [6.45, 7) is 0.747. The van der Waals surface area contributed by atoms with Crippen molar-refractivity contribution in [2.45, 2.75) is 56.0 Å². The van der Waals surface area contributed by atoms with E-state index < -0.39 is 54.0 Å². The number of aliphatic hydroxyl groups is 2. The summed E-state index contributed by atoms with van der Waals surface area (Å²) in [5.41, 5.74) is 3.06. The van der Waals surface area contributed by atoms with Crippen LogP contribution in [-0.4, -0.2) is 93.0 Å². The van der Waals surface area contributed by atoms with E-state index in [1.54, 1.807) is 78.9 Å². The molecule has 59 heavy (non-hydrogen) atoms. The van der Waals surface area contributed by atoms with Crippen LogP contribution in [0, 0.1) is 23.1 Å². The third kappa shape index (κ3) is 11.5. The van der Waals surface area contributed by atoms with Gasteiger partial charge in [-0.25, -0.2) is 18.8 Å². The first-order chi connectivity index (χ1) is 28.3. The van der Waals surface area contributed by atoms with Crippen molar-refractivity contribution in [1.82, 2.24) is 15.1 Å². The van der Waals surface area contributed by atoms with Crippen molar-refractivity contribution in [1.29, 1.82) is 5.26 Å². The number of carbonyl (C=O) groups is 4. The van der Waals surface area contributed by atoms with Crippen molar-refractivity contribution in [3.05, 3.63) is 124 Å². The quantitative estimate of drug-likeness (QED) is 0.0937. The Morgan fingerprint density at radius 1 is 0.763 bits per heavy atom. The fourth-order valence-corrected chi connectivity index (χ4v) is 7.12. The molecule has 5 atom stereocenters. The third-order valence-electron chi connectivity index (χ3n) is 10.1. The van der Waals surface area contributed by atoms with Gasteiger partial charge in [-0.05, 0) is 109 Å². The maximum atomic E-state index is 14.9. The molecule has 2 aliphatic heterocycles. The van der Waals surface area contributed by atoms with Gasteiger partial charge in [0.05, 0.1) is 35.6 Å². The number of rotatable bonds is 10. The summed E-state index contributed by atoms with van der Waals surface area (Å²) < 4.78 is 14.9. The number of benzene rings is 4. The lowest BCUT2D eigenvalue weighted by atomic mass is 9.96. The van der Waals surface area contributed by atoms with Crippen molar-refractivity contribution in [3.63, 3.8) is 0 Å². The molecule has 1 saturated carbocycles. The summed E-state index contributed by atoms with van der Waals surface area (Å²) in [6, 6.07) is 23.4. The standard InChI is InChI=1S/C30H29ClFN5O3.C12H13ClN2O4/c31-22-7-9-23(10-8-22)35-30(40)37-17-24(38)14-27(37)29(39)36-26-13-21(6-11-25(26)32)28(34-16-18-4-5-18)20-3-1-2-19(12-20)15-33;13-7-1-3-8(4-2-7)14-12(19)15-6-9(16)5-10(15)11(17)18/h1-3,6-13,18,24,27-28,34,38H,4-5,14,16-17H2,(H,35,40)(H,36,39);1-4,9-10,16H,5-6H2,(H,14,19)(H,17,18)/t24-,27-,28-;9-,10-/m11/s1. The molecule has 308 valence electrons. The van der Waals surface area contributed by atoms with E-state index in [1.165, 1.54) is 11.0 Å². The smallest absolute Gasteiger partial charge is 0.326 e. The highest BCUT2D eigenvalue weighted by Crippen LogP contribution is 2.32. The molecule has 7 rings (SSSR count). The molecule has 0 bridgehead atoms. The number of likely N-dealkylation sites (tertiary alicyclic amines) is 2. The van der Waals surface area contributed by atoms with E-state index in [0.29, 0.717) is 32.9 Å². The molecular formula is C42H42Cl2FN7O7. The summed E-state index contributed by atoms with van der Waals surface area (Å²) in [4.78, 5) is 51.6. The van der Waals surface area contributed by atoms with Gasteiger partial charge in [-0.1, -0.05) is 41.4 Å². The van der Waals surface area contributed by atoms with Gasteiger partial charge >= 0.3 is 18.0 Å². The summed E-state index contributed by atoms with van der Waals surface area (Å²) in [5, 5.41) is 50.6. The molecule has 1 aliphatic carbocycles. The minimum absolute atomic E-state index is 0.0103. The van der Waals surface area contributed by atoms with Gasteiger partial charge in [0.2, 0.25) is 5.91 Å². The molecule has 0 unspecified atom stereocenters. The van der Waals surface area contributed by atoms with Crippen LogP contribution >= 0.6 is 23.2 Å². The molecule has 5 amide bonds. The van der Waals surface area contributed by atoms with Gasteiger partial charge in [-0.15, -0.1) is 0 Å². The van der Waals surface area contributed by atoms with Crippen LogP contribution in [0.3, 0.4) is 0 Å². The highest BCUT2D eigenvalue weighted by molar-refractivity contribution is 6.31. The lowest BCUT2D eigenvalue weighted by Gasteiger charge is -2.25. The highest BCUT2D eigenvalue weighted by Gasteiger charge is 2.40. The van der Waals surface area contributed by atoms with E-state index in [2.05, 4.69) is 27.3 Å². The average Bonchev–Trinajstić information content (AvgIpc) is 3.83. The van der Waals surface area contributed by atoms with Gasteiger partial charge in [0.25, 0.3) is 0 Å². The molecule has 0 aromatic heterocycles. The number of carbonyl (C=O) groups excluding carboxylic acids is 3. The van der Waals surface area contributed by atoms with Crippen molar-refractivity contribution >= 4 is 64.2 Å². The van der Waals surface area contributed by atoms with Crippen LogP contribution in [0.4, 0.5) is 31.0 Å². The zero-order valence-corrected chi connectivity index (χ0v) is 33.0. The van der Waals surface area contributed by atoms with Crippen LogP contribution < -0.4 is 21.3 Å². The van der Waals surface area contributed by atoms with Gasteiger partial charge in [-0.3, -0.25) is 4.79 Å². The van der Waals surface area contributed by atoms with Crippen LogP contribution in [-0.2, 0) is 9.59 Å². The fraction of sp³-hybridized carbons (Fsp3) is 0.310. The van der Waals surface area contributed by atoms with Crippen LogP contribution in [0.15, 0.2) is 91.0 Å². The SMILES string of the molecule is N#Cc1cccc([C@@H](NCC2CC2)c2ccc(F)c(NC(=O)[C@H]3C[C@@H](O)CN3C(=O)Nc3ccc(Cl)cc3)c2)c1.O=C(O)[C@H]1C[C@@H](O)CN1C(=O)Nc1ccc(Cl)cc1. The number of aliphatic carboxylic acids is 1. The molecule has 7 N–H and O–H groups in total. The fourth-order valence-electron chi connectivity index (χ4n) is 6.87. The Morgan fingerprint density at radius 3 is 1.85 bits per heavy atom. The van der Waals surface area contributed by atoms with E-state index in [9.17, 15) is 39.0 Å².